The molecule has 2 aromatic carbocycles. The lowest BCUT2D eigenvalue weighted by molar-refractivity contribution is 0.303. The van der Waals surface area contributed by atoms with Crippen LogP contribution in [0.2, 0.25) is 5.02 Å². The monoisotopic (exact) mass is 317 g/mol. The van der Waals surface area contributed by atoms with E-state index in [0.29, 0.717) is 13.0 Å². The molecule has 0 aromatic heterocycles. The van der Waals surface area contributed by atoms with Crippen molar-refractivity contribution in [3.8, 4) is 11.8 Å². The number of hydrogen-bond donors (Lipinski definition) is 0. The molecule has 2 rings (SSSR count). The number of benzene rings is 2. The van der Waals surface area contributed by atoms with Crippen molar-refractivity contribution in [2.24, 2.45) is 0 Å². The van der Waals surface area contributed by atoms with Crippen LogP contribution in [0.5, 0.6) is 5.75 Å². The molecule has 0 radical (unpaired) electrons. The molecule has 0 N–H and O–H groups in total. The van der Waals surface area contributed by atoms with Crippen molar-refractivity contribution in [1.82, 2.24) is 0 Å². The molecule has 0 bridgehead atoms. The number of ether oxygens (including phenoxy) is 1. The summed E-state index contributed by atoms with van der Waals surface area (Å²) in [4.78, 5) is 0. The minimum Gasteiger partial charge on any atom is -0.493 e. The predicted molar refractivity (Wildman–Crippen MR) is 85.8 cm³/mol. The van der Waals surface area contributed by atoms with Crippen molar-refractivity contribution < 1.29 is 9.13 Å². The van der Waals surface area contributed by atoms with E-state index < -0.39 is 11.7 Å². The summed E-state index contributed by atoms with van der Waals surface area (Å²) < 4.78 is 19.6. The average molecular weight is 318 g/mol. The van der Waals surface area contributed by atoms with Gasteiger partial charge in [-0.1, -0.05) is 29.8 Å². The van der Waals surface area contributed by atoms with Gasteiger partial charge in [0.05, 0.1) is 18.6 Å². The van der Waals surface area contributed by atoms with E-state index in [-0.39, 0.29) is 10.6 Å². The number of nitriles is 1. The van der Waals surface area contributed by atoms with Crippen molar-refractivity contribution in [2.45, 2.75) is 26.2 Å². The molecule has 0 aliphatic heterocycles. The highest BCUT2D eigenvalue weighted by Crippen LogP contribution is 2.29. The maximum Gasteiger partial charge on any atom is 0.129 e. The minimum atomic E-state index is -0.626. The van der Waals surface area contributed by atoms with Gasteiger partial charge in [0, 0.05) is 17.0 Å². The lowest BCUT2D eigenvalue weighted by Gasteiger charge is -2.14. The molecule has 0 aliphatic carbocycles. The van der Waals surface area contributed by atoms with Gasteiger partial charge in [0.2, 0.25) is 0 Å². The molecule has 0 spiro atoms. The van der Waals surface area contributed by atoms with E-state index in [1.807, 2.05) is 32.0 Å². The Bertz CT molecular complexity index is 688. The third-order valence-corrected chi connectivity index (χ3v) is 3.84. The Balaban J connectivity index is 2.06. The molecule has 1 unspecified atom stereocenters. The Morgan fingerprint density at radius 1 is 1.27 bits per heavy atom. The Morgan fingerprint density at radius 2 is 2.05 bits per heavy atom. The van der Waals surface area contributed by atoms with Crippen molar-refractivity contribution in [1.29, 1.82) is 5.26 Å². The first-order valence-corrected chi connectivity index (χ1v) is 7.44. The highest BCUT2D eigenvalue weighted by molar-refractivity contribution is 6.31. The maximum atomic E-state index is 13.9. The third kappa shape index (κ3) is 3.78. The third-order valence-electron chi connectivity index (χ3n) is 3.51. The second-order valence-corrected chi connectivity index (χ2v) is 5.63. The van der Waals surface area contributed by atoms with Crippen LogP contribution in [0.1, 0.15) is 29.0 Å². The van der Waals surface area contributed by atoms with E-state index >= 15 is 0 Å². The van der Waals surface area contributed by atoms with Crippen LogP contribution in [0, 0.1) is 31.0 Å². The summed E-state index contributed by atoms with van der Waals surface area (Å²) in [5.74, 6) is -0.291. The molecule has 1 atom stereocenters. The number of hydrogen-bond acceptors (Lipinski definition) is 2. The fourth-order valence-corrected chi connectivity index (χ4v) is 2.56. The Labute approximate surface area is 135 Å². The van der Waals surface area contributed by atoms with Crippen molar-refractivity contribution >= 4 is 11.6 Å². The van der Waals surface area contributed by atoms with E-state index in [1.54, 1.807) is 6.07 Å². The SMILES string of the molecule is Cc1ccc(C)c(OCCC(C#N)c2c(F)cccc2Cl)c1. The van der Waals surface area contributed by atoms with Gasteiger partial charge in [-0.15, -0.1) is 0 Å². The molecule has 0 saturated carbocycles. The van der Waals surface area contributed by atoms with Crippen LogP contribution in [-0.4, -0.2) is 6.61 Å². The van der Waals surface area contributed by atoms with E-state index in [2.05, 4.69) is 6.07 Å². The minimum absolute atomic E-state index is 0.247. The molecule has 0 saturated heterocycles. The van der Waals surface area contributed by atoms with E-state index in [9.17, 15) is 9.65 Å². The van der Waals surface area contributed by atoms with Crippen LogP contribution < -0.4 is 4.74 Å². The fraction of sp³-hybridized carbons (Fsp3) is 0.278. The van der Waals surface area contributed by atoms with E-state index in [4.69, 9.17) is 16.3 Å². The predicted octanol–water partition coefficient (Wildman–Crippen LogP) is 5.17. The smallest absolute Gasteiger partial charge is 0.129 e. The van der Waals surface area contributed by atoms with Gasteiger partial charge in [0.25, 0.3) is 0 Å². The Kier molecular flexibility index (Phi) is 5.41. The zero-order chi connectivity index (χ0) is 16.1. The van der Waals surface area contributed by atoms with Crippen LogP contribution in [0.3, 0.4) is 0 Å². The van der Waals surface area contributed by atoms with Crippen LogP contribution in [0.4, 0.5) is 4.39 Å². The molecule has 0 fully saturated rings. The molecule has 0 aliphatic rings. The lowest BCUT2D eigenvalue weighted by atomic mass is 9.97. The van der Waals surface area contributed by atoms with Gasteiger partial charge in [0.15, 0.2) is 0 Å². The number of halogens is 2. The van der Waals surface area contributed by atoms with Crippen molar-refractivity contribution in [2.75, 3.05) is 6.61 Å². The zero-order valence-corrected chi connectivity index (χ0v) is 13.3. The van der Waals surface area contributed by atoms with Crippen molar-refractivity contribution in [3.63, 3.8) is 0 Å². The fourth-order valence-electron chi connectivity index (χ4n) is 2.27. The zero-order valence-electron chi connectivity index (χ0n) is 12.6. The summed E-state index contributed by atoms with van der Waals surface area (Å²) in [5.41, 5.74) is 2.38. The number of rotatable bonds is 5. The first-order chi connectivity index (χ1) is 10.5. The first-order valence-electron chi connectivity index (χ1n) is 7.06. The summed E-state index contributed by atoms with van der Waals surface area (Å²) in [5, 5.41) is 9.57. The van der Waals surface area contributed by atoms with Gasteiger partial charge in [-0.3, -0.25) is 0 Å². The molecule has 4 heteroatoms. The van der Waals surface area contributed by atoms with Gasteiger partial charge in [-0.2, -0.15) is 5.26 Å². The summed E-state index contributed by atoms with van der Waals surface area (Å²) in [6.07, 6.45) is 0.379. The second-order valence-electron chi connectivity index (χ2n) is 5.22. The quantitative estimate of drug-likeness (QED) is 0.762. The molecule has 2 nitrogen and oxygen atoms in total. The van der Waals surface area contributed by atoms with Gasteiger partial charge in [0.1, 0.15) is 11.6 Å². The molecule has 2 aromatic rings. The van der Waals surface area contributed by atoms with Crippen LogP contribution >= 0.6 is 11.6 Å². The number of nitrogens with zero attached hydrogens (tertiary/aromatic N) is 1. The molecule has 0 amide bonds. The maximum absolute atomic E-state index is 13.9. The highest BCUT2D eigenvalue weighted by Gasteiger charge is 2.18. The van der Waals surface area contributed by atoms with Crippen LogP contribution in [-0.2, 0) is 0 Å². The molecular formula is C18H17ClFNO. The van der Waals surface area contributed by atoms with E-state index in [1.165, 1.54) is 12.1 Å². The highest BCUT2D eigenvalue weighted by atomic mass is 35.5. The number of aryl methyl sites for hydroxylation is 2. The summed E-state index contributed by atoms with van der Waals surface area (Å²) in [6, 6.07) is 12.5. The van der Waals surface area contributed by atoms with Gasteiger partial charge in [-0.05, 0) is 43.2 Å². The normalized spacial score (nSPS) is 11.8. The van der Waals surface area contributed by atoms with Gasteiger partial charge >= 0.3 is 0 Å². The van der Waals surface area contributed by atoms with Crippen molar-refractivity contribution in [3.05, 3.63) is 63.9 Å². The summed E-state index contributed by atoms with van der Waals surface area (Å²) in [6.45, 7) is 4.28. The largest absolute Gasteiger partial charge is 0.493 e. The average Bonchev–Trinajstić information content (AvgIpc) is 2.48. The lowest BCUT2D eigenvalue weighted by Crippen LogP contribution is -2.07. The van der Waals surface area contributed by atoms with Crippen LogP contribution in [0.15, 0.2) is 36.4 Å². The van der Waals surface area contributed by atoms with Gasteiger partial charge < -0.3 is 4.74 Å². The Hall–Kier alpha value is -2.05. The molecule has 0 heterocycles. The van der Waals surface area contributed by atoms with Crippen LogP contribution in [0.25, 0.3) is 0 Å². The molecular weight excluding hydrogens is 301 g/mol. The second kappa shape index (κ2) is 7.29. The Morgan fingerprint density at radius 3 is 2.73 bits per heavy atom. The first kappa shape index (κ1) is 16.3. The molecule has 22 heavy (non-hydrogen) atoms. The van der Waals surface area contributed by atoms with E-state index in [0.717, 1.165) is 16.9 Å². The molecule has 114 valence electrons. The topological polar surface area (TPSA) is 33.0 Å². The summed E-state index contributed by atoms with van der Waals surface area (Å²) >= 11 is 6.01. The standard InChI is InChI=1S/C18H17ClFNO/c1-12-6-7-13(2)17(10-12)22-9-8-14(11-21)18-15(19)4-3-5-16(18)20/h3-7,10,14H,8-9H2,1-2H3. The van der Waals surface area contributed by atoms with Gasteiger partial charge in [-0.25, -0.2) is 4.39 Å². The summed E-state index contributed by atoms with van der Waals surface area (Å²) in [7, 11) is 0.